The van der Waals surface area contributed by atoms with Crippen LogP contribution in [0.4, 0.5) is 0 Å². The van der Waals surface area contributed by atoms with Gasteiger partial charge in [-0.1, -0.05) is 42.5 Å². The number of amides is 1. The van der Waals surface area contributed by atoms with E-state index in [2.05, 4.69) is 47.5 Å². The van der Waals surface area contributed by atoms with Crippen molar-refractivity contribution < 1.29 is 4.79 Å². The van der Waals surface area contributed by atoms with Gasteiger partial charge in [0.15, 0.2) is 0 Å². The van der Waals surface area contributed by atoms with E-state index in [0.717, 1.165) is 19.4 Å². The molecule has 0 aromatic heterocycles. The van der Waals surface area contributed by atoms with E-state index in [1.54, 1.807) is 0 Å². The molecular weight excluding hydrogens is 260 g/mol. The third-order valence-electron chi connectivity index (χ3n) is 4.47. The van der Waals surface area contributed by atoms with Crippen LogP contribution in [0.2, 0.25) is 0 Å². The summed E-state index contributed by atoms with van der Waals surface area (Å²) in [6, 6.07) is 14.6. The molecule has 2 aromatic carbocycles. The maximum atomic E-state index is 12.4. The zero-order valence-electron chi connectivity index (χ0n) is 12.7. The third-order valence-corrected chi connectivity index (χ3v) is 4.47. The second kappa shape index (κ2) is 5.86. The Morgan fingerprint density at radius 1 is 1.24 bits per heavy atom. The maximum absolute atomic E-state index is 12.4. The van der Waals surface area contributed by atoms with Gasteiger partial charge in [0.25, 0.3) is 0 Å². The number of nitrogens with one attached hydrogen (secondary N) is 1. The summed E-state index contributed by atoms with van der Waals surface area (Å²) < 4.78 is 0. The Morgan fingerprint density at radius 2 is 2.00 bits per heavy atom. The summed E-state index contributed by atoms with van der Waals surface area (Å²) in [6.07, 6.45) is 2.07. The van der Waals surface area contributed by atoms with Crippen LogP contribution >= 0.6 is 0 Å². The molecular formula is C18H22N2O. The number of likely N-dealkylation sites (tertiary alicyclic amines) is 1. The molecule has 3 heteroatoms. The fourth-order valence-corrected chi connectivity index (χ4v) is 3.26. The number of likely N-dealkylation sites (N-methyl/N-ethyl adjacent to an activating group) is 1. The van der Waals surface area contributed by atoms with Gasteiger partial charge in [-0.3, -0.25) is 9.69 Å². The number of benzene rings is 2. The lowest BCUT2D eigenvalue weighted by Gasteiger charge is -2.22. The van der Waals surface area contributed by atoms with Gasteiger partial charge in [-0.05, 0) is 49.7 Å². The van der Waals surface area contributed by atoms with E-state index in [1.165, 1.54) is 16.3 Å². The molecule has 0 aliphatic carbocycles. The quantitative estimate of drug-likeness (QED) is 0.938. The number of carbonyl (C=O) groups is 1. The number of nitrogens with zero attached hydrogens (tertiary/aromatic N) is 1. The van der Waals surface area contributed by atoms with Gasteiger partial charge in [0.2, 0.25) is 5.91 Å². The molecule has 21 heavy (non-hydrogen) atoms. The molecule has 1 heterocycles. The Balaban J connectivity index is 1.81. The molecule has 110 valence electrons. The molecule has 0 saturated carbocycles. The Morgan fingerprint density at radius 3 is 2.76 bits per heavy atom. The molecule has 1 N–H and O–H groups in total. The molecule has 0 radical (unpaired) electrons. The molecule has 2 atom stereocenters. The highest BCUT2D eigenvalue weighted by Gasteiger charge is 2.28. The summed E-state index contributed by atoms with van der Waals surface area (Å²) in [5, 5.41) is 5.61. The molecule has 0 bridgehead atoms. The molecule has 2 aromatic rings. The Kier molecular flexibility index (Phi) is 3.93. The van der Waals surface area contributed by atoms with Crippen LogP contribution in [0.5, 0.6) is 0 Å². The molecule has 1 amide bonds. The van der Waals surface area contributed by atoms with Gasteiger partial charge in [-0.25, -0.2) is 0 Å². The highest BCUT2D eigenvalue weighted by atomic mass is 16.2. The van der Waals surface area contributed by atoms with Crippen LogP contribution in [0.1, 0.15) is 31.4 Å². The fraction of sp³-hybridized carbons (Fsp3) is 0.389. The standard InChI is InChI=1S/C18H22N2O/c1-13(19-18(21)17-11-6-12-20(17)2)15-10-5-8-14-7-3-4-9-16(14)15/h3-5,7-10,13,17H,6,11-12H2,1-2H3,(H,19,21)/t13-,17+/m1/s1. The lowest BCUT2D eigenvalue weighted by Crippen LogP contribution is -2.42. The summed E-state index contributed by atoms with van der Waals surface area (Å²) in [5.74, 6) is 0.149. The monoisotopic (exact) mass is 282 g/mol. The SMILES string of the molecule is C[C@@H](NC(=O)[C@@H]1CCCN1C)c1cccc2ccccc12. The summed E-state index contributed by atoms with van der Waals surface area (Å²) >= 11 is 0. The van der Waals surface area contributed by atoms with Crippen molar-refractivity contribution in [1.29, 1.82) is 0 Å². The van der Waals surface area contributed by atoms with Crippen molar-refractivity contribution in [2.75, 3.05) is 13.6 Å². The second-order valence-corrected chi connectivity index (χ2v) is 5.94. The second-order valence-electron chi connectivity index (χ2n) is 5.94. The van der Waals surface area contributed by atoms with E-state index in [1.807, 2.05) is 19.2 Å². The smallest absolute Gasteiger partial charge is 0.237 e. The van der Waals surface area contributed by atoms with Crippen molar-refractivity contribution in [2.45, 2.75) is 31.8 Å². The first kappa shape index (κ1) is 14.1. The van der Waals surface area contributed by atoms with Crippen molar-refractivity contribution in [3.63, 3.8) is 0 Å². The van der Waals surface area contributed by atoms with E-state index < -0.39 is 0 Å². The molecule has 3 nitrogen and oxygen atoms in total. The number of rotatable bonds is 3. The van der Waals surface area contributed by atoms with Gasteiger partial charge in [-0.15, -0.1) is 0 Å². The Hall–Kier alpha value is -1.87. The summed E-state index contributed by atoms with van der Waals surface area (Å²) in [7, 11) is 2.03. The Bertz CT molecular complexity index is 647. The van der Waals surface area contributed by atoms with E-state index in [4.69, 9.17) is 0 Å². The number of hydrogen-bond acceptors (Lipinski definition) is 2. The summed E-state index contributed by atoms with van der Waals surface area (Å²) in [6.45, 7) is 3.08. The maximum Gasteiger partial charge on any atom is 0.237 e. The van der Waals surface area contributed by atoms with Crippen LogP contribution in [-0.2, 0) is 4.79 Å². The van der Waals surface area contributed by atoms with Gasteiger partial charge in [-0.2, -0.15) is 0 Å². The molecule has 1 fully saturated rings. The van der Waals surface area contributed by atoms with Crippen LogP contribution in [0.15, 0.2) is 42.5 Å². The van der Waals surface area contributed by atoms with Gasteiger partial charge in [0.1, 0.15) is 0 Å². The van der Waals surface area contributed by atoms with Crippen molar-refractivity contribution in [3.05, 3.63) is 48.0 Å². The topological polar surface area (TPSA) is 32.3 Å². The first-order valence-corrected chi connectivity index (χ1v) is 7.65. The van der Waals surface area contributed by atoms with Gasteiger partial charge < -0.3 is 5.32 Å². The predicted molar refractivity (Wildman–Crippen MR) is 86.2 cm³/mol. The highest BCUT2D eigenvalue weighted by molar-refractivity contribution is 5.87. The van der Waals surface area contributed by atoms with Gasteiger partial charge in [0, 0.05) is 0 Å². The highest BCUT2D eigenvalue weighted by Crippen LogP contribution is 2.24. The van der Waals surface area contributed by atoms with E-state index >= 15 is 0 Å². The van der Waals surface area contributed by atoms with Gasteiger partial charge >= 0.3 is 0 Å². The minimum absolute atomic E-state index is 0.0256. The minimum Gasteiger partial charge on any atom is -0.348 e. The van der Waals surface area contributed by atoms with Crippen LogP contribution in [0.25, 0.3) is 10.8 Å². The number of carbonyl (C=O) groups excluding carboxylic acids is 1. The fourth-order valence-electron chi connectivity index (χ4n) is 3.26. The van der Waals surface area contributed by atoms with E-state index in [-0.39, 0.29) is 18.0 Å². The molecule has 1 saturated heterocycles. The minimum atomic E-state index is 0.0256. The lowest BCUT2D eigenvalue weighted by molar-refractivity contribution is -0.125. The summed E-state index contributed by atoms with van der Waals surface area (Å²) in [5.41, 5.74) is 1.18. The zero-order chi connectivity index (χ0) is 14.8. The van der Waals surface area contributed by atoms with Gasteiger partial charge in [0.05, 0.1) is 12.1 Å². The normalized spacial score (nSPS) is 20.6. The number of fused-ring (bicyclic) bond motifs is 1. The van der Waals surface area contributed by atoms with E-state index in [0.29, 0.717) is 0 Å². The van der Waals surface area contributed by atoms with Crippen LogP contribution < -0.4 is 5.32 Å². The molecule has 1 aliphatic heterocycles. The molecule has 3 rings (SSSR count). The van der Waals surface area contributed by atoms with Crippen LogP contribution in [0, 0.1) is 0 Å². The molecule has 0 spiro atoms. The van der Waals surface area contributed by atoms with Crippen molar-refractivity contribution in [3.8, 4) is 0 Å². The zero-order valence-corrected chi connectivity index (χ0v) is 12.7. The first-order chi connectivity index (χ1) is 10.2. The van der Waals surface area contributed by atoms with E-state index in [9.17, 15) is 4.79 Å². The van der Waals surface area contributed by atoms with Crippen molar-refractivity contribution >= 4 is 16.7 Å². The van der Waals surface area contributed by atoms with Crippen LogP contribution in [-0.4, -0.2) is 30.4 Å². The average molecular weight is 282 g/mol. The third kappa shape index (κ3) is 2.79. The predicted octanol–water partition coefficient (Wildman–Crippen LogP) is 3.11. The van der Waals surface area contributed by atoms with Crippen LogP contribution in [0.3, 0.4) is 0 Å². The number of hydrogen-bond donors (Lipinski definition) is 1. The molecule has 0 unspecified atom stereocenters. The molecule has 1 aliphatic rings. The van der Waals surface area contributed by atoms with Crippen molar-refractivity contribution in [2.24, 2.45) is 0 Å². The largest absolute Gasteiger partial charge is 0.348 e. The Labute approximate surface area is 125 Å². The first-order valence-electron chi connectivity index (χ1n) is 7.65. The lowest BCUT2D eigenvalue weighted by atomic mass is 9.99. The van der Waals surface area contributed by atoms with Crippen molar-refractivity contribution in [1.82, 2.24) is 10.2 Å². The summed E-state index contributed by atoms with van der Waals surface area (Å²) in [4.78, 5) is 14.6. The average Bonchev–Trinajstić information content (AvgIpc) is 2.92.